The molecule has 0 saturated heterocycles. The van der Waals surface area contributed by atoms with Gasteiger partial charge in [0.05, 0.1) is 6.54 Å². The average Bonchev–Trinajstić information content (AvgIpc) is 3.03. The van der Waals surface area contributed by atoms with Crippen LogP contribution < -0.4 is 5.73 Å². The van der Waals surface area contributed by atoms with Crippen LogP contribution in [0.1, 0.15) is 18.1 Å². The second-order valence-electron chi connectivity index (χ2n) is 4.97. The molecule has 1 saturated carbocycles. The predicted molar refractivity (Wildman–Crippen MR) is 70.9 cm³/mol. The number of rotatable bonds is 4. The molecule has 0 bridgehead atoms. The van der Waals surface area contributed by atoms with Crippen molar-refractivity contribution in [3.63, 3.8) is 0 Å². The fourth-order valence-corrected chi connectivity index (χ4v) is 2.33. The van der Waals surface area contributed by atoms with Gasteiger partial charge in [-0.3, -0.25) is 10.2 Å². The van der Waals surface area contributed by atoms with Gasteiger partial charge in [-0.05, 0) is 36.6 Å². The van der Waals surface area contributed by atoms with Crippen LogP contribution in [0.5, 0.6) is 0 Å². The van der Waals surface area contributed by atoms with Crippen LogP contribution in [0, 0.1) is 5.92 Å². The number of pyridine rings is 1. The molecule has 2 heterocycles. The zero-order chi connectivity index (χ0) is 14.1. The summed E-state index contributed by atoms with van der Waals surface area (Å²) in [5.41, 5.74) is 5.91. The van der Waals surface area contributed by atoms with Crippen molar-refractivity contribution in [2.75, 3.05) is 6.54 Å². The van der Waals surface area contributed by atoms with Gasteiger partial charge in [-0.25, -0.2) is 9.86 Å². The van der Waals surface area contributed by atoms with Gasteiger partial charge in [-0.2, -0.15) is 0 Å². The van der Waals surface area contributed by atoms with Gasteiger partial charge >= 0.3 is 6.03 Å². The Morgan fingerprint density at radius 1 is 1.50 bits per heavy atom. The molecule has 2 amide bonds. The normalized spacial score (nSPS) is 20.6. The highest BCUT2D eigenvalue weighted by molar-refractivity contribution is 5.70. The van der Waals surface area contributed by atoms with Crippen LogP contribution >= 0.6 is 0 Å². The van der Waals surface area contributed by atoms with Gasteiger partial charge in [0.15, 0.2) is 0 Å². The second kappa shape index (κ2) is 4.97. The molecule has 1 fully saturated rings. The number of nitrogens with two attached hydrogens (primary N) is 1. The highest BCUT2D eigenvalue weighted by Gasteiger charge is 2.42. The maximum atomic E-state index is 10.8. The Labute approximate surface area is 115 Å². The van der Waals surface area contributed by atoms with E-state index in [0.29, 0.717) is 5.06 Å². The maximum Gasteiger partial charge on any atom is 0.338 e. The molecular formula is C14H15N3O3. The van der Waals surface area contributed by atoms with E-state index in [-0.39, 0.29) is 18.4 Å². The minimum Gasteiger partial charge on any atom is -0.461 e. The first-order chi connectivity index (χ1) is 9.65. The third-order valence-electron chi connectivity index (χ3n) is 3.52. The quantitative estimate of drug-likeness (QED) is 0.659. The van der Waals surface area contributed by atoms with Crippen LogP contribution in [0.15, 0.2) is 41.1 Å². The Balaban J connectivity index is 1.66. The average molecular weight is 273 g/mol. The molecule has 6 heteroatoms. The number of carbonyl (C=O) groups excluding carboxylic acids is 1. The smallest absolute Gasteiger partial charge is 0.338 e. The van der Waals surface area contributed by atoms with Gasteiger partial charge in [0.1, 0.15) is 11.5 Å². The van der Waals surface area contributed by atoms with E-state index in [4.69, 9.17) is 10.2 Å². The van der Waals surface area contributed by atoms with Crippen LogP contribution in [0.3, 0.4) is 0 Å². The molecule has 1 aliphatic rings. The number of carbonyl (C=O) groups is 1. The van der Waals surface area contributed by atoms with E-state index < -0.39 is 6.03 Å². The maximum absolute atomic E-state index is 10.8. The van der Waals surface area contributed by atoms with Gasteiger partial charge in [0, 0.05) is 23.9 Å². The number of hydrogen-bond donors (Lipinski definition) is 2. The Morgan fingerprint density at radius 3 is 3.05 bits per heavy atom. The number of hydroxylamine groups is 2. The summed E-state index contributed by atoms with van der Waals surface area (Å²) in [5, 5.41) is 9.86. The molecule has 2 aromatic heterocycles. The first-order valence-electron chi connectivity index (χ1n) is 6.41. The molecule has 3 rings (SSSR count). The van der Waals surface area contributed by atoms with E-state index in [1.54, 1.807) is 12.4 Å². The fourth-order valence-electron chi connectivity index (χ4n) is 2.33. The van der Waals surface area contributed by atoms with Crippen LogP contribution in [-0.2, 0) is 0 Å². The van der Waals surface area contributed by atoms with Crippen molar-refractivity contribution in [2.24, 2.45) is 11.7 Å². The Kier molecular flexibility index (Phi) is 3.15. The minimum absolute atomic E-state index is 0.195. The van der Waals surface area contributed by atoms with E-state index in [9.17, 15) is 10.0 Å². The summed E-state index contributed by atoms with van der Waals surface area (Å²) < 4.78 is 5.81. The minimum atomic E-state index is -0.828. The number of nitrogens with zero attached hydrogens (tertiary/aromatic N) is 2. The standard InChI is InChI=1S/C14H15N3O3/c15-14(18)17(19)8-10-6-11(10)13-4-3-12(20-13)9-2-1-5-16-7-9/h1-5,7,10-11,19H,6,8H2,(H2,15,18). The number of urea groups is 1. The lowest BCUT2D eigenvalue weighted by atomic mass is 10.2. The highest BCUT2D eigenvalue weighted by Crippen LogP contribution is 2.48. The SMILES string of the molecule is NC(=O)N(O)CC1CC1c1ccc(-c2cccnc2)o1. The van der Waals surface area contributed by atoms with Gasteiger partial charge in [0.25, 0.3) is 0 Å². The van der Waals surface area contributed by atoms with E-state index in [1.165, 1.54) is 0 Å². The van der Waals surface area contributed by atoms with Crippen molar-refractivity contribution in [3.05, 3.63) is 42.4 Å². The lowest BCUT2D eigenvalue weighted by Crippen LogP contribution is -2.34. The Morgan fingerprint density at radius 2 is 2.35 bits per heavy atom. The summed E-state index contributed by atoms with van der Waals surface area (Å²) >= 11 is 0. The lowest BCUT2D eigenvalue weighted by molar-refractivity contribution is -0.0432. The van der Waals surface area contributed by atoms with E-state index in [2.05, 4.69) is 4.98 Å². The molecular weight excluding hydrogens is 258 g/mol. The van der Waals surface area contributed by atoms with Crippen molar-refractivity contribution in [1.29, 1.82) is 0 Å². The van der Waals surface area contributed by atoms with Crippen LogP contribution in [-0.4, -0.2) is 27.8 Å². The first-order valence-corrected chi connectivity index (χ1v) is 6.41. The number of hydrogen-bond acceptors (Lipinski definition) is 4. The van der Waals surface area contributed by atoms with Crippen LogP contribution in [0.2, 0.25) is 0 Å². The van der Waals surface area contributed by atoms with E-state index in [1.807, 2.05) is 24.3 Å². The molecule has 0 aromatic carbocycles. The lowest BCUT2D eigenvalue weighted by Gasteiger charge is -2.10. The molecule has 1 aliphatic carbocycles. The van der Waals surface area contributed by atoms with Crippen molar-refractivity contribution < 1.29 is 14.4 Å². The topological polar surface area (TPSA) is 92.6 Å². The zero-order valence-electron chi connectivity index (χ0n) is 10.8. The van der Waals surface area contributed by atoms with E-state index in [0.717, 1.165) is 23.5 Å². The van der Waals surface area contributed by atoms with Gasteiger partial charge in [-0.15, -0.1) is 0 Å². The fraction of sp³-hybridized carbons (Fsp3) is 0.286. The van der Waals surface area contributed by atoms with Crippen molar-refractivity contribution in [2.45, 2.75) is 12.3 Å². The molecule has 0 radical (unpaired) electrons. The molecule has 0 aliphatic heterocycles. The largest absolute Gasteiger partial charge is 0.461 e. The summed E-state index contributed by atoms with van der Waals surface area (Å²) in [6.07, 6.45) is 4.34. The van der Waals surface area contributed by atoms with Crippen molar-refractivity contribution in [3.8, 4) is 11.3 Å². The van der Waals surface area contributed by atoms with Gasteiger partial charge < -0.3 is 10.2 Å². The summed E-state index contributed by atoms with van der Waals surface area (Å²) in [6, 6.07) is 6.80. The molecule has 6 nitrogen and oxygen atoms in total. The third-order valence-corrected chi connectivity index (χ3v) is 3.52. The summed E-state index contributed by atoms with van der Waals surface area (Å²) in [4.78, 5) is 14.8. The summed E-state index contributed by atoms with van der Waals surface area (Å²) in [7, 11) is 0. The third kappa shape index (κ3) is 2.50. The van der Waals surface area contributed by atoms with Crippen molar-refractivity contribution >= 4 is 6.03 Å². The number of furan rings is 1. The molecule has 2 aromatic rings. The molecule has 3 N–H and O–H groups in total. The van der Waals surface area contributed by atoms with Crippen molar-refractivity contribution in [1.82, 2.24) is 10.0 Å². The number of primary amides is 1. The molecule has 0 spiro atoms. The van der Waals surface area contributed by atoms with Gasteiger partial charge in [-0.1, -0.05) is 0 Å². The molecule has 2 unspecified atom stereocenters. The Hall–Kier alpha value is -2.34. The number of aromatic nitrogens is 1. The second-order valence-corrected chi connectivity index (χ2v) is 4.97. The van der Waals surface area contributed by atoms with Crippen LogP contribution in [0.4, 0.5) is 4.79 Å². The summed E-state index contributed by atoms with van der Waals surface area (Å²) in [6.45, 7) is 0.239. The molecule has 2 atom stereocenters. The summed E-state index contributed by atoms with van der Waals surface area (Å²) in [5.74, 6) is 2.07. The highest BCUT2D eigenvalue weighted by atomic mass is 16.5. The predicted octanol–water partition coefficient (Wildman–Crippen LogP) is 2.21. The number of amides is 2. The molecule has 20 heavy (non-hydrogen) atoms. The van der Waals surface area contributed by atoms with Crippen LogP contribution in [0.25, 0.3) is 11.3 Å². The Bertz CT molecular complexity index is 611. The first kappa shape index (κ1) is 12.7. The monoisotopic (exact) mass is 273 g/mol. The van der Waals surface area contributed by atoms with Gasteiger partial charge in [0.2, 0.25) is 0 Å². The molecule has 104 valence electrons. The van der Waals surface area contributed by atoms with E-state index >= 15 is 0 Å². The zero-order valence-corrected chi connectivity index (χ0v) is 10.8.